The molecule has 3 rings (SSSR count). The fraction of sp³-hybridized carbons (Fsp3) is 0.353. The number of carboxylic acid groups (broad SMARTS) is 1. The first-order valence-electron chi connectivity index (χ1n) is 7.40. The fourth-order valence-electron chi connectivity index (χ4n) is 2.84. The summed E-state index contributed by atoms with van der Waals surface area (Å²) >= 11 is 0. The maximum absolute atomic E-state index is 10.9. The van der Waals surface area contributed by atoms with Crippen LogP contribution >= 0.6 is 0 Å². The summed E-state index contributed by atoms with van der Waals surface area (Å²) in [7, 11) is 0. The first kappa shape index (κ1) is 13.9. The number of benzene rings is 2. The van der Waals surface area contributed by atoms with Gasteiger partial charge < -0.3 is 10.0 Å². The molecule has 1 aliphatic heterocycles. The average Bonchev–Trinajstić information content (AvgIpc) is 2.53. The van der Waals surface area contributed by atoms with E-state index in [4.69, 9.17) is 5.11 Å². The van der Waals surface area contributed by atoms with Crippen molar-refractivity contribution >= 4 is 16.9 Å². The third kappa shape index (κ3) is 3.34. The van der Waals surface area contributed by atoms with Gasteiger partial charge in [-0.2, -0.15) is 0 Å². The molecule has 1 aliphatic rings. The molecule has 2 aromatic rings. The summed E-state index contributed by atoms with van der Waals surface area (Å²) in [5.74, 6) is 0. The first-order valence-corrected chi connectivity index (χ1v) is 7.40. The lowest BCUT2D eigenvalue weighted by Gasteiger charge is -2.33. The average molecular weight is 284 g/mol. The van der Waals surface area contributed by atoms with E-state index in [1.807, 2.05) is 0 Å². The Balaban J connectivity index is 1.56. The van der Waals surface area contributed by atoms with Crippen LogP contribution in [0.4, 0.5) is 4.79 Å². The molecule has 0 unspecified atom stereocenters. The van der Waals surface area contributed by atoms with Gasteiger partial charge in [0.2, 0.25) is 0 Å². The van der Waals surface area contributed by atoms with E-state index in [0.717, 1.165) is 26.1 Å². The topological polar surface area (TPSA) is 43.8 Å². The highest BCUT2D eigenvalue weighted by Gasteiger charge is 2.19. The highest BCUT2D eigenvalue weighted by Crippen LogP contribution is 2.16. The number of amides is 1. The van der Waals surface area contributed by atoms with Crippen LogP contribution in [0.25, 0.3) is 10.8 Å². The molecule has 0 aliphatic carbocycles. The molecule has 0 saturated carbocycles. The van der Waals surface area contributed by atoms with Crippen molar-refractivity contribution in [1.82, 2.24) is 9.80 Å². The third-order valence-corrected chi connectivity index (χ3v) is 4.17. The fourth-order valence-corrected chi connectivity index (χ4v) is 2.84. The molecular weight excluding hydrogens is 264 g/mol. The Kier molecular flexibility index (Phi) is 4.06. The quantitative estimate of drug-likeness (QED) is 0.942. The standard InChI is InChI=1S/C17H20N2O2/c20-17(21)19-11-9-18(10-12-19)8-7-14-5-6-15-3-1-2-4-16(15)13-14/h1-6,13H,7-12H2,(H,20,21). The molecule has 4 heteroatoms. The van der Waals surface area contributed by atoms with Crippen LogP contribution in [0.15, 0.2) is 42.5 Å². The van der Waals surface area contributed by atoms with Crippen LogP contribution in [0.1, 0.15) is 5.56 Å². The van der Waals surface area contributed by atoms with E-state index >= 15 is 0 Å². The number of piperazine rings is 1. The van der Waals surface area contributed by atoms with Crippen LogP contribution in [-0.4, -0.2) is 53.7 Å². The van der Waals surface area contributed by atoms with Crippen molar-refractivity contribution in [1.29, 1.82) is 0 Å². The van der Waals surface area contributed by atoms with Crippen molar-refractivity contribution < 1.29 is 9.90 Å². The van der Waals surface area contributed by atoms with Crippen LogP contribution < -0.4 is 0 Å². The Labute approximate surface area is 124 Å². The van der Waals surface area contributed by atoms with Gasteiger partial charge in [0.25, 0.3) is 0 Å². The maximum atomic E-state index is 10.9. The van der Waals surface area contributed by atoms with Crippen LogP contribution in [0.2, 0.25) is 0 Å². The molecule has 0 bridgehead atoms. The van der Waals surface area contributed by atoms with Crippen molar-refractivity contribution in [3.05, 3.63) is 48.0 Å². The number of hydrogen-bond donors (Lipinski definition) is 1. The molecule has 1 heterocycles. The van der Waals surface area contributed by atoms with Gasteiger partial charge in [-0.3, -0.25) is 4.90 Å². The summed E-state index contributed by atoms with van der Waals surface area (Å²) in [6.07, 6.45) is 0.210. The molecule has 0 spiro atoms. The predicted molar refractivity (Wildman–Crippen MR) is 83.7 cm³/mol. The third-order valence-electron chi connectivity index (χ3n) is 4.17. The van der Waals surface area contributed by atoms with Gasteiger partial charge in [-0.05, 0) is 22.8 Å². The zero-order chi connectivity index (χ0) is 14.7. The number of carbonyl (C=O) groups is 1. The van der Waals surface area contributed by atoms with E-state index in [2.05, 4.69) is 47.4 Å². The number of hydrogen-bond acceptors (Lipinski definition) is 2. The summed E-state index contributed by atoms with van der Waals surface area (Å²) < 4.78 is 0. The minimum Gasteiger partial charge on any atom is -0.465 e. The number of nitrogens with zero attached hydrogens (tertiary/aromatic N) is 2. The SMILES string of the molecule is O=C(O)N1CCN(CCc2ccc3ccccc3c2)CC1. The van der Waals surface area contributed by atoms with E-state index in [1.165, 1.54) is 21.2 Å². The van der Waals surface area contributed by atoms with Crippen molar-refractivity contribution in [2.45, 2.75) is 6.42 Å². The Bertz CT molecular complexity index is 633. The molecule has 0 radical (unpaired) electrons. The summed E-state index contributed by atoms with van der Waals surface area (Å²) in [6, 6.07) is 15.0. The van der Waals surface area contributed by atoms with Crippen LogP contribution in [0.3, 0.4) is 0 Å². The largest absolute Gasteiger partial charge is 0.465 e. The van der Waals surface area contributed by atoms with E-state index in [-0.39, 0.29) is 0 Å². The lowest BCUT2D eigenvalue weighted by molar-refractivity contribution is 0.106. The molecule has 4 nitrogen and oxygen atoms in total. The highest BCUT2D eigenvalue weighted by atomic mass is 16.4. The van der Waals surface area contributed by atoms with E-state index in [0.29, 0.717) is 13.1 Å². The molecule has 1 saturated heterocycles. The Morgan fingerprint density at radius 3 is 2.43 bits per heavy atom. The second-order valence-electron chi connectivity index (χ2n) is 5.54. The monoisotopic (exact) mass is 284 g/mol. The van der Waals surface area contributed by atoms with Gasteiger partial charge >= 0.3 is 6.09 Å². The van der Waals surface area contributed by atoms with Gasteiger partial charge in [-0.1, -0.05) is 42.5 Å². The highest BCUT2D eigenvalue weighted by molar-refractivity contribution is 5.82. The van der Waals surface area contributed by atoms with Crippen LogP contribution in [0.5, 0.6) is 0 Å². The lowest BCUT2D eigenvalue weighted by Crippen LogP contribution is -2.48. The van der Waals surface area contributed by atoms with Gasteiger partial charge in [-0.25, -0.2) is 4.79 Å². The van der Waals surface area contributed by atoms with Crippen LogP contribution in [0, 0.1) is 0 Å². The summed E-state index contributed by atoms with van der Waals surface area (Å²) in [4.78, 5) is 14.7. The second-order valence-corrected chi connectivity index (χ2v) is 5.54. The Hall–Kier alpha value is -2.07. The van der Waals surface area contributed by atoms with E-state index < -0.39 is 6.09 Å². The molecule has 0 atom stereocenters. The first-order chi connectivity index (χ1) is 10.2. The van der Waals surface area contributed by atoms with Crippen molar-refractivity contribution in [2.75, 3.05) is 32.7 Å². The molecule has 0 aromatic heterocycles. The minimum absolute atomic E-state index is 0.618. The van der Waals surface area contributed by atoms with Crippen molar-refractivity contribution in [3.63, 3.8) is 0 Å². The lowest BCUT2D eigenvalue weighted by atomic mass is 10.0. The molecule has 110 valence electrons. The summed E-state index contributed by atoms with van der Waals surface area (Å²) in [5.41, 5.74) is 1.34. The number of rotatable bonds is 3. The molecule has 1 amide bonds. The normalized spacial score (nSPS) is 16.3. The molecule has 1 N–H and O–H groups in total. The van der Waals surface area contributed by atoms with Crippen molar-refractivity contribution in [3.8, 4) is 0 Å². The predicted octanol–water partition coefficient (Wildman–Crippen LogP) is 2.68. The van der Waals surface area contributed by atoms with Gasteiger partial charge in [0.15, 0.2) is 0 Å². The minimum atomic E-state index is -0.802. The molecule has 21 heavy (non-hydrogen) atoms. The van der Waals surface area contributed by atoms with E-state index in [9.17, 15) is 4.79 Å². The van der Waals surface area contributed by atoms with Gasteiger partial charge in [0.1, 0.15) is 0 Å². The second kappa shape index (κ2) is 6.14. The Morgan fingerprint density at radius 1 is 1.00 bits per heavy atom. The summed E-state index contributed by atoms with van der Waals surface area (Å²) in [5, 5.41) is 11.5. The smallest absolute Gasteiger partial charge is 0.407 e. The summed E-state index contributed by atoms with van der Waals surface area (Å²) in [6.45, 7) is 3.89. The molecule has 1 fully saturated rings. The zero-order valence-corrected chi connectivity index (χ0v) is 12.0. The van der Waals surface area contributed by atoms with E-state index in [1.54, 1.807) is 0 Å². The number of fused-ring (bicyclic) bond motifs is 1. The maximum Gasteiger partial charge on any atom is 0.407 e. The van der Waals surface area contributed by atoms with Crippen LogP contribution in [-0.2, 0) is 6.42 Å². The van der Waals surface area contributed by atoms with Gasteiger partial charge in [0.05, 0.1) is 0 Å². The molecule has 2 aromatic carbocycles. The Morgan fingerprint density at radius 2 is 1.71 bits per heavy atom. The van der Waals surface area contributed by atoms with Gasteiger partial charge in [0, 0.05) is 32.7 Å². The molecular formula is C17H20N2O2. The van der Waals surface area contributed by atoms with Crippen molar-refractivity contribution in [2.24, 2.45) is 0 Å². The zero-order valence-electron chi connectivity index (χ0n) is 12.0. The van der Waals surface area contributed by atoms with Gasteiger partial charge in [-0.15, -0.1) is 0 Å².